The molecule has 4 nitrogen and oxygen atoms in total. The molecule has 1 spiro atoms. The van der Waals surface area contributed by atoms with Crippen LogP contribution in [0, 0.1) is 0 Å². The molecule has 17 heavy (non-hydrogen) atoms. The van der Waals surface area contributed by atoms with E-state index in [0.29, 0.717) is 12.6 Å². The summed E-state index contributed by atoms with van der Waals surface area (Å²) in [6.07, 6.45) is 7.06. The minimum atomic E-state index is 0.00951. The summed E-state index contributed by atoms with van der Waals surface area (Å²) >= 11 is 0. The minimum Gasteiger partial charge on any atom is -0.369 e. The van der Waals surface area contributed by atoms with E-state index in [4.69, 9.17) is 4.74 Å². The normalized spacial score (nSPS) is 30.1. The number of carbonyl (C=O) groups is 1. The highest BCUT2D eigenvalue weighted by Crippen LogP contribution is 2.36. The van der Waals surface area contributed by atoms with Crippen LogP contribution in [-0.2, 0) is 9.53 Å². The molecule has 1 amide bonds. The molecule has 0 atom stereocenters. The molecule has 0 bridgehead atoms. The molecule has 2 aliphatic heterocycles. The summed E-state index contributed by atoms with van der Waals surface area (Å²) in [7, 11) is 0. The largest absolute Gasteiger partial charge is 0.369 e. The molecule has 0 aromatic carbocycles. The first-order chi connectivity index (χ1) is 8.32. The fourth-order valence-electron chi connectivity index (χ4n) is 3.76. The lowest BCUT2D eigenvalue weighted by Crippen LogP contribution is -2.65. The highest BCUT2D eigenvalue weighted by molar-refractivity contribution is 5.79. The first kappa shape index (κ1) is 11.5. The molecule has 3 aliphatic rings. The summed E-state index contributed by atoms with van der Waals surface area (Å²) in [4.78, 5) is 14.5. The third-order valence-corrected chi connectivity index (χ3v) is 4.60. The molecule has 1 aliphatic carbocycles. The Labute approximate surface area is 103 Å². The zero-order valence-electron chi connectivity index (χ0n) is 10.4. The van der Waals surface area contributed by atoms with Crippen molar-refractivity contribution < 1.29 is 9.53 Å². The summed E-state index contributed by atoms with van der Waals surface area (Å²) in [5, 5.41) is 3.39. The molecule has 1 N–H and O–H groups in total. The number of nitrogens with one attached hydrogen (secondary N) is 1. The van der Waals surface area contributed by atoms with Gasteiger partial charge in [-0.2, -0.15) is 0 Å². The van der Waals surface area contributed by atoms with Gasteiger partial charge < -0.3 is 15.0 Å². The Morgan fingerprint density at radius 1 is 1.24 bits per heavy atom. The standard InChI is InChI=1S/C13H22N2O2/c16-12-9-17-10-13(5-7-14-8-6-13)15(12)11-3-1-2-4-11/h11,14H,1-10H2. The van der Waals surface area contributed by atoms with Crippen LogP contribution in [0.3, 0.4) is 0 Å². The van der Waals surface area contributed by atoms with Crippen molar-refractivity contribution in [3.63, 3.8) is 0 Å². The quantitative estimate of drug-likeness (QED) is 0.738. The average Bonchev–Trinajstić information content (AvgIpc) is 2.83. The van der Waals surface area contributed by atoms with Crippen LogP contribution in [0.2, 0.25) is 0 Å². The van der Waals surface area contributed by atoms with Gasteiger partial charge in [-0.05, 0) is 38.8 Å². The fourth-order valence-corrected chi connectivity index (χ4v) is 3.76. The topological polar surface area (TPSA) is 41.6 Å². The third kappa shape index (κ3) is 1.97. The van der Waals surface area contributed by atoms with E-state index in [1.54, 1.807) is 0 Å². The van der Waals surface area contributed by atoms with Crippen LogP contribution in [0.15, 0.2) is 0 Å². The van der Waals surface area contributed by atoms with E-state index in [1.807, 2.05) is 0 Å². The monoisotopic (exact) mass is 238 g/mol. The van der Waals surface area contributed by atoms with Crippen molar-refractivity contribution in [2.75, 3.05) is 26.3 Å². The molecule has 2 saturated heterocycles. The van der Waals surface area contributed by atoms with Gasteiger partial charge in [0, 0.05) is 6.04 Å². The van der Waals surface area contributed by atoms with Crippen molar-refractivity contribution in [1.29, 1.82) is 0 Å². The van der Waals surface area contributed by atoms with Crippen molar-refractivity contribution in [2.24, 2.45) is 0 Å². The molecule has 0 radical (unpaired) electrons. The smallest absolute Gasteiger partial charge is 0.249 e. The Kier molecular flexibility index (Phi) is 3.09. The van der Waals surface area contributed by atoms with Crippen molar-refractivity contribution in [3.05, 3.63) is 0 Å². The predicted molar refractivity (Wildman–Crippen MR) is 64.8 cm³/mol. The van der Waals surface area contributed by atoms with Gasteiger partial charge in [0.25, 0.3) is 0 Å². The number of ether oxygens (including phenoxy) is 1. The van der Waals surface area contributed by atoms with Crippen molar-refractivity contribution in [2.45, 2.75) is 50.1 Å². The first-order valence-electron chi connectivity index (χ1n) is 6.92. The van der Waals surface area contributed by atoms with E-state index < -0.39 is 0 Å². The molecule has 3 rings (SSSR count). The second-order valence-electron chi connectivity index (χ2n) is 5.67. The first-order valence-corrected chi connectivity index (χ1v) is 6.92. The summed E-state index contributed by atoms with van der Waals surface area (Å²) in [6, 6.07) is 0.490. The maximum atomic E-state index is 12.2. The molecule has 96 valence electrons. The number of amides is 1. The molecule has 0 aromatic heterocycles. The van der Waals surface area contributed by atoms with E-state index in [1.165, 1.54) is 25.7 Å². The summed E-state index contributed by atoms with van der Waals surface area (Å²) in [6.45, 7) is 3.07. The van der Waals surface area contributed by atoms with E-state index in [9.17, 15) is 4.79 Å². The van der Waals surface area contributed by atoms with Gasteiger partial charge >= 0.3 is 0 Å². The Balaban J connectivity index is 1.84. The molecule has 3 fully saturated rings. The fraction of sp³-hybridized carbons (Fsp3) is 0.923. The van der Waals surface area contributed by atoms with E-state index >= 15 is 0 Å². The second kappa shape index (κ2) is 4.58. The summed E-state index contributed by atoms with van der Waals surface area (Å²) in [5.41, 5.74) is 0.00951. The van der Waals surface area contributed by atoms with Gasteiger partial charge in [0.15, 0.2) is 0 Å². The number of piperidine rings is 1. The Morgan fingerprint density at radius 2 is 1.94 bits per heavy atom. The van der Waals surface area contributed by atoms with Gasteiger partial charge in [0.2, 0.25) is 5.91 Å². The lowest BCUT2D eigenvalue weighted by Gasteiger charge is -2.51. The Hall–Kier alpha value is -0.610. The predicted octanol–water partition coefficient (Wildman–Crippen LogP) is 0.910. The second-order valence-corrected chi connectivity index (χ2v) is 5.67. The Bertz CT molecular complexity index is 288. The highest BCUT2D eigenvalue weighted by atomic mass is 16.5. The van der Waals surface area contributed by atoms with Crippen LogP contribution < -0.4 is 5.32 Å². The van der Waals surface area contributed by atoms with E-state index in [2.05, 4.69) is 10.2 Å². The van der Waals surface area contributed by atoms with Crippen LogP contribution >= 0.6 is 0 Å². The zero-order valence-corrected chi connectivity index (χ0v) is 10.4. The van der Waals surface area contributed by atoms with Gasteiger partial charge in [-0.25, -0.2) is 0 Å². The maximum absolute atomic E-state index is 12.2. The summed E-state index contributed by atoms with van der Waals surface area (Å²) in [5.74, 6) is 0.227. The lowest BCUT2D eigenvalue weighted by atomic mass is 9.84. The van der Waals surface area contributed by atoms with E-state index in [0.717, 1.165) is 32.5 Å². The molecular formula is C13H22N2O2. The van der Waals surface area contributed by atoms with E-state index in [-0.39, 0.29) is 11.4 Å². The van der Waals surface area contributed by atoms with Gasteiger partial charge in [0.05, 0.1) is 12.1 Å². The molecule has 1 saturated carbocycles. The van der Waals surface area contributed by atoms with Crippen LogP contribution in [0.5, 0.6) is 0 Å². The number of carbonyl (C=O) groups excluding carboxylic acids is 1. The number of rotatable bonds is 1. The van der Waals surface area contributed by atoms with Crippen molar-refractivity contribution in [1.82, 2.24) is 10.2 Å². The molecular weight excluding hydrogens is 216 g/mol. The third-order valence-electron chi connectivity index (χ3n) is 4.60. The molecule has 4 heteroatoms. The van der Waals surface area contributed by atoms with Gasteiger partial charge in [-0.3, -0.25) is 4.79 Å². The van der Waals surface area contributed by atoms with Gasteiger partial charge in [0.1, 0.15) is 6.61 Å². The molecule has 0 aromatic rings. The Morgan fingerprint density at radius 3 is 2.65 bits per heavy atom. The van der Waals surface area contributed by atoms with Crippen LogP contribution in [0.4, 0.5) is 0 Å². The summed E-state index contributed by atoms with van der Waals surface area (Å²) < 4.78 is 5.55. The number of nitrogens with zero attached hydrogens (tertiary/aromatic N) is 1. The van der Waals surface area contributed by atoms with Crippen molar-refractivity contribution in [3.8, 4) is 0 Å². The minimum absolute atomic E-state index is 0.00951. The van der Waals surface area contributed by atoms with Crippen LogP contribution in [-0.4, -0.2) is 48.7 Å². The number of hydrogen-bond acceptors (Lipinski definition) is 3. The molecule has 0 unspecified atom stereocenters. The van der Waals surface area contributed by atoms with Gasteiger partial charge in [-0.15, -0.1) is 0 Å². The average molecular weight is 238 g/mol. The zero-order chi connectivity index (χ0) is 11.7. The number of morpholine rings is 1. The lowest BCUT2D eigenvalue weighted by molar-refractivity contribution is -0.166. The number of hydrogen-bond donors (Lipinski definition) is 1. The maximum Gasteiger partial charge on any atom is 0.249 e. The van der Waals surface area contributed by atoms with Crippen LogP contribution in [0.25, 0.3) is 0 Å². The van der Waals surface area contributed by atoms with Gasteiger partial charge in [-0.1, -0.05) is 12.8 Å². The highest BCUT2D eigenvalue weighted by Gasteiger charge is 2.47. The SMILES string of the molecule is O=C1COCC2(CCNCC2)N1C1CCCC1. The van der Waals surface area contributed by atoms with Crippen LogP contribution in [0.1, 0.15) is 38.5 Å². The van der Waals surface area contributed by atoms with Crippen molar-refractivity contribution >= 4 is 5.91 Å². The molecule has 2 heterocycles.